The number of para-hydroxylation sites is 1. The highest BCUT2D eigenvalue weighted by molar-refractivity contribution is 5.97. The lowest BCUT2D eigenvalue weighted by molar-refractivity contribution is -0.156. The molecule has 2 aromatic rings. The number of anilines is 1. The summed E-state index contributed by atoms with van der Waals surface area (Å²) in [6.07, 6.45) is -0.718. The Hall–Kier alpha value is -4.40. The van der Waals surface area contributed by atoms with Gasteiger partial charge in [0.1, 0.15) is 11.6 Å². The zero-order valence-corrected chi connectivity index (χ0v) is 33.8. The van der Waals surface area contributed by atoms with Gasteiger partial charge in [-0.2, -0.15) is 0 Å². The van der Waals surface area contributed by atoms with Crippen molar-refractivity contribution >= 4 is 29.4 Å². The summed E-state index contributed by atoms with van der Waals surface area (Å²) in [6, 6.07) is 13.8. The minimum Gasteiger partial charge on any atom is -0.460 e. The van der Waals surface area contributed by atoms with Gasteiger partial charge < -0.3 is 53.4 Å². The summed E-state index contributed by atoms with van der Waals surface area (Å²) >= 11 is 0. The molecule has 1 aliphatic rings. The fourth-order valence-electron chi connectivity index (χ4n) is 5.30. The number of hydrogen-bond acceptors (Lipinski definition) is 12. The summed E-state index contributed by atoms with van der Waals surface area (Å²) in [5.74, 6) is 4.28. The van der Waals surface area contributed by atoms with Crippen LogP contribution in [0.4, 0.5) is 5.69 Å². The molecule has 1 atom stereocenters. The van der Waals surface area contributed by atoms with E-state index in [0.717, 1.165) is 11.1 Å². The lowest BCUT2D eigenvalue weighted by atomic mass is 10.0. The van der Waals surface area contributed by atoms with Gasteiger partial charge >= 0.3 is 5.97 Å². The zero-order valence-electron chi connectivity index (χ0n) is 33.8. The Morgan fingerprint density at radius 1 is 0.684 bits per heavy atom. The molecule has 15 nitrogen and oxygen atoms in total. The maximum Gasteiger partial charge on any atom is 0.308 e. The second kappa shape index (κ2) is 27.3. The molecule has 2 N–H and O–H groups in total. The standard InChI is InChI=1S/C42H59N3O12/c1-42(2,3)57-40(48)31-36(41(49)43-17-18-51-21-22-53-25-26-55-29-30-56-28-27-54-24-23-52-20-19-50-4)44-38(46)15-16-39(47)45-32-35-11-6-5-9-33(35)13-14-34-10-7-8-12-37(34)45/h5-12,36H,15-32H2,1-4H3,(H,43,49)(H,44,46)/t36-/m0/s1. The average Bonchev–Trinajstić information content (AvgIpc) is 3.17. The summed E-state index contributed by atoms with van der Waals surface area (Å²) in [7, 11) is 1.63. The molecule has 0 aliphatic carbocycles. The fraction of sp³-hybridized carbons (Fsp3) is 0.571. The van der Waals surface area contributed by atoms with Crippen molar-refractivity contribution in [2.75, 3.05) is 104 Å². The molecule has 0 bridgehead atoms. The number of nitrogens with one attached hydrogen (secondary N) is 2. The minimum absolute atomic E-state index is 0.129. The Balaban J connectivity index is 1.33. The largest absolute Gasteiger partial charge is 0.460 e. The molecule has 15 heteroatoms. The monoisotopic (exact) mass is 797 g/mol. The zero-order chi connectivity index (χ0) is 41.1. The third kappa shape index (κ3) is 20.0. The number of methoxy groups -OCH3 is 1. The molecule has 57 heavy (non-hydrogen) atoms. The Morgan fingerprint density at radius 3 is 1.77 bits per heavy atom. The van der Waals surface area contributed by atoms with E-state index >= 15 is 0 Å². The van der Waals surface area contributed by atoms with Gasteiger partial charge in [0.25, 0.3) is 0 Å². The van der Waals surface area contributed by atoms with E-state index in [2.05, 4.69) is 22.5 Å². The number of carbonyl (C=O) groups excluding carboxylic acids is 4. The molecule has 3 amide bonds. The van der Waals surface area contributed by atoms with Crippen LogP contribution in [0.1, 0.15) is 56.7 Å². The second-order valence-corrected chi connectivity index (χ2v) is 13.8. The van der Waals surface area contributed by atoms with E-state index in [1.165, 1.54) is 0 Å². The topological polar surface area (TPSA) is 169 Å². The van der Waals surface area contributed by atoms with Crippen LogP contribution in [0.25, 0.3) is 0 Å². The number of nitrogens with zero attached hydrogens (tertiary/aromatic N) is 1. The highest BCUT2D eigenvalue weighted by Gasteiger charge is 2.28. The fourth-order valence-corrected chi connectivity index (χ4v) is 5.30. The van der Waals surface area contributed by atoms with E-state index in [9.17, 15) is 19.2 Å². The van der Waals surface area contributed by atoms with Crippen molar-refractivity contribution in [2.24, 2.45) is 0 Å². The van der Waals surface area contributed by atoms with E-state index in [1.807, 2.05) is 48.5 Å². The van der Waals surface area contributed by atoms with E-state index in [0.29, 0.717) is 90.5 Å². The number of carbonyl (C=O) groups is 4. The number of amides is 3. The Bertz CT molecular complexity index is 1590. The molecular formula is C42H59N3O12. The van der Waals surface area contributed by atoms with Crippen LogP contribution in [0, 0.1) is 11.8 Å². The first kappa shape index (κ1) is 47.0. The van der Waals surface area contributed by atoms with Crippen molar-refractivity contribution in [3.05, 3.63) is 65.2 Å². The van der Waals surface area contributed by atoms with Gasteiger partial charge in [-0.15, -0.1) is 0 Å². The van der Waals surface area contributed by atoms with Gasteiger partial charge in [0, 0.05) is 37.6 Å². The van der Waals surface area contributed by atoms with Gasteiger partial charge in [0.05, 0.1) is 105 Å². The quantitative estimate of drug-likeness (QED) is 0.0735. The molecule has 314 valence electrons. The van der Waals surface area contributed by atoms with Crippen LogP contribution < -0.4 is 15.5 Å². The van der Waals surface area contributed by atoms with Crippen LogP contribution in [0.5, 0.6) is 0 Å². The number of hydrogen-bond donors (Lipinski definition) is 2. The molecule has 1 heterocycles. The molecule has 0 unspecified atom stereocenters. The lowest BCUT2D eigenvalue weighted by Crippen LogP contribution is -2.49. The van der Waals surface area contributed by atoms with Gasteiger partial charge in [-0.3, -0.25) is 19.2 Å². The summed E-state index contributed by atoms with van der Waals surface area (Å²) in [4.78, 5) is 54.2. The van der Waals surface area contributed by atoms with E-state index < -0.39 is 29.4 Å². The molecule has 0 radical (unpaired) electrons. The molecule has 0 aromatic heterocycles. The first-order valence-electron chi connectivity index (χ1n) is 19.3. The highest BCUT2D eigenvalue weighted by atomic mass is 16.6. The summed E-state index contributed by atoms with van der Waals surface area (Å²) < 4.78 is 43.0. The van der Waals surface area contributed by atoms with Crippen LogP contribution in [0.3, 0.4) is 0 Å². The highest BCUT2D eigenvalue weighted by Crippen LogP contribution is 2.26. The average molecular weight is 798 g/mol. The van der Waals surface area contributed by atoms with Crippen molar-refractivity contribution < 1.29 is 57.1 Å². The maximum absolute atomic E-state index is 13.6. The molecular weight excluding hydrogens is 738 g/mol. The smallest absolute Gasteiger partial charge is 0.308 e. The van der Waals surface area contributed by atoms with Gasteiger partial charge in [0.15, 0.2) is 0 Å². The second-order valence-electron chi connectivity index (χ2n) is 13.8. The third-order valence-corrected chi connectivity index (χ3v) is 8.02. The Kier molecular flexibility index (Phi) is 22.5. The Labute approximate surface area is 336 Å². The van der Waals surface area contributed by atoms with Crippen LogP contribution >= 0.6 is 0 Å². The number of fused-ring (bicyclic) bond motifs is 2. The number of benzene rings is 2. The SMILES string of the molecule is COCCOCCOCCOCCOCCOCCOCCNC(=O)[C@H](CC(=O)OC(C)(C)C)NC(=O)CCC(=O)N1Cc2ccccc2C#Cc2ccccc21. The predicted octanol–water partition coefficient (Wildman–Crippen LogP) is 2.79. The summed E-state index contributed by atoms with van der Waals surface area (Å²) in [6.45, 7) is 11.1. The van der Waals surface area contributed by atoms with Gasteiger partial charge in [-0.05, 0) is 44.5 Å². The minimum atomic E-state index is -1.22. The van der Waals surface area contributed by atoms with E-state index in [-0.39, 0.29) is 44.9 Å². The van der Waals surface area contributed by atoms with Crippen molar-refractivity contribution in [2.45, 2.75) is 58.2 Å². The third-order valence-electron chi connectivity index (χ3n) is 8.02. The number of ether oxygens (including phenoxy) is 8. The predicted molar refractivity (Wildman–Crippen MR) is 211 cm³/mol. The van der Waals surface area contributed by atoms with Crippen molar-refractivity contribution in [3.63, 3.8) is 0 Å². The first-order chi connectivity index (χ1) is 27.6. The molecule has 0 saturated heterocycles. The molecule has 0 spiro atoms. The van der Waals surface area contributed by atoms with E-state index in [4.69, 9.17) is 37.9 Å². The van der Waals surface area contributed by atoms with E-state index in [1.54, 1.807) is 32.8 Å². The van der Waals surface area contributed by atoms with Crippen molar-refractivity contribution in [3.8, 4) is 11.8 Å². The van der Waals surface area contributed by atoms with Gasteiger partial charge in [0.2, 0.25) is 17.7 Å². The molecule has 0 saturated carbocycles. The van der Waals surface area contributed by atoms with Crippen LogP contribution in [0.2, 0.25) is 0 Å². The van der Waals surface area contributed by atoms with Crippen LogP contribution in [-0.4, -0.2) is 135 Å². The molecule has 0 fully saturated rings. The number of rotatable bonds is 28. The number of esters is 1. The maximum atomic E-state index is 13.6. The summed E-state index contributed by atoms with van der Waals surface area (Å²) in [5.41, 5.74) is 2.29. The van der Waals surface area contributed by atoms with Gasteiger partial charge in [-0.25, -0.2) is 0 Å². The molecule has 1 aliphatic heterocycles. The van der Waals surface area contributed by atoms with Crippen molar-refractivity contribution in [1.82, 2.24) is 10.6 Å². The normalized spacial score (nSPS) is 12.6. The molecule has 3 rings (SSSR count). The van der Waals surface area contributed by atoms with Crippen molar-refractivity contribution in [1.29, 1.82) is 0 Å². The van der Waals surface area contributed by atoms with Crippen LogP contribution in [-0.2, 0) is 63.6 Å². The van der Waals surface area contributed by atoms with Crippen LogP contribution in [0.15, 0.2) is 48.5 Å². The summed E-state index contributed by atoms with van der Waals surface area (Å²) in [5, 5.41) is 5.32. The van der Waals surface area contributed by atoms with Gasteiger partial charge in [-0.1, -0.05) is 42.2 Å². The molecule has 2 aromatic carbocycles. The first-order valence-corrected chi connectivity index (χ1v) is 19.3. The Morgan fingerprint density at radius 2 is 1.19 bits per heavy atom. The lowest BCUT2D eigenvalue weighted by Gasteiger charge is -2.26.